The van der Waals surface area contributed by atoms with Crippen LogP contribution in [0.5, 0.6) is 5.75 Å². The van der Waals surface area contributed by atoms with Crippen molar-refractivity contribution in [1.82, 2.24) is 10.3 Å². The van der Waals surface area contributed by atoms with Crippen LogP contribution in [0, 0.1) is 0 Å². The maximum absolute atomic E-state index is 10.3. The van der Waals surface area contributed by atoms with Gasteiger partial charge in [0.1, 0.15) is 12.4 Å². The van der Waals surface area contributed by atoms with Gasteiger partial charge in [0.25, 0.3) is 0 Å². The van der Waals surface area contributed by atoms with E-state index in [1.54, 1.807) is 18.5 Å². The third kappa shape index (κ3) is 2.93. The van der Waals surface area contributed by atoms with Crippen molar-refractivity contribution in [1.29, 1.82) is 0 Å². The topological polar surface area (TPSA) is 63.2 Å². The molecule has 0 aromatic carbocycles. The molecule has 0 unspecified atom stereocenters. The minimum Gasteiger partial charge on any atom is -0.490 e. The zero-order chi connectivity index (χ0) is 11.2. The van der Waals surface area contributed by atoms with Gasteiger partial charge >= 0.3 is 0 Å². The number of carbonyl (C=O) groups excluding carboxylic acids is 1. The maximum atomic E-state index is 10.3. The van der Waals surface area contributed by atoms with Crippen molar-refractivity contribution in [3.8, 4) is 5.75 Å². The molecule has 1 fully saturated rings. The average Bonchev–Trinajstić information content (AvgIpc) is 2.80. The Bertz CT molecular complexity index is 351. The van der Waals surface area contributed by atoms with Crippen LogP contribution in [-0.4, -0.2) is 30.6 Å². The lowest BCUT2D eigenvalue weighted by molar-refractivity contribution is -0.105. The average molecular weight is 221 g/mol. The fourth-order valence-corrected chi connectivity index (χ4v) is 1.74. The first-order valence-electron chi connectivity index (χ1n) is 5.40. The minimum atomic E-state index is 0.433. The van der Waals surface area contributed by atoms with E-state index < -0.39 is 0 Å². The Morgan fingerprint density at radius 3 is 3.31 bits per heavy atom. The number of aromatic nitrogens is 1. The molecule has 5 heteroatoms. The molecule has 1 amide bonds. The van der Waals surface area contributed by atoms with E-state index in [1.807, 2.05) is 0 Å². The van der Waals surface area contributed by atoms with E-state index in [-0.39, 0.29) is 0 Å². The van der Waals surface area contributed by atoms with Gasteiger partial charge in [-0.15, -0.1) is 0 Å². The number of amides is 1. The molecule has 1 aliphatic heterocycles. The van der Waals surface area contributed by atoms with Crippen molar-refractivity contribution >= 4 is 12.1 Å². The van der Waals surface area contributed by atoms with Gasteiger partial charge in [0, 0.05) is 12.1 Å². The minimum absolute atomic E-state index is 0.433. The number of anilines is 1. The number of nitrogens with zero attached hydrogens (tertiary/aromatic N) is 1. The second-order valence-electron chi connectivity index (χ2n) is 3.78. The largest absolute Gasteiger partial charge is 0.490 e. The number of pyridine rings is 1. The molecule has 0 radical (unpaired) electrons. The molecule has 1 atom stereocenters. The molecule has 0 spiro atoms. The van der Waals surface area contributed by atoms with Crippen molar-refractivity contribution in [2.75, 3.05) is 18.5 Å². The van der Waals surface area contributed by atoms with Crippen LogP contribution in [-0.2, 0) is 4.79 Å². The summed E-state index contributed by atoms with van der Waals surface area (Å²) in [6, 6.07) is 2.19. The van der Waals surface area contributed by atoms with Crippen LogP contribution in [0.1, 0.15) is 12.8 Å². The lowest BCUT2D eigenvalue weighted by atomic mass is 10.2. The lowest BCUT2D eigenvalue weighted by Gasteiger charge is -2.12. The summed E-state index contributed by atoms with van der Waals surface area (Å²) in [5, 5.41) is 5.89. The van der Waals surface area contributed by atoms with Gasteiger partial charge in [-0.25, -0.2) is 0 Å². The number of rotatable bonds is 5. The van der Waals surface area contributed by atoms with E-state index in [0.717, 1.165) is 13.0 Å². The molecule has 5 nitrogen and oxygen atoms in total. The summed E-state index contributed by atoms with van der Waals surface area (Å²) in [4.78, 5) is 14.2. The third-order valence-electron chi connectivity index (χ3n) is 2.55. The number of nitrogens with one attached hydrogen (secondary N) is 2. The van der Waals surface area contributed by atoms with Gasteiger partial charge in [-0.3, -0.25) is 9.78 Å². The Balaban J connectivity index is 1.87. The Morgan fingerprint density at radius 1 is 1.62 bits per heavy atom. The molecule has 1 aromatic heterocycles. The molecule has 1 aromatic rings. The van der Waals surface area contributed by atoms with Crippen molar-refractivity contribution in [2.24, 2.45) is 0 Å². The second-order valence-corrected chi connectivity index (χ2v) is 3.78. The molecule has 2 N–H and O–H groups in total. The predicted molar refractivity (Wildman–Crippen MR) is 60.4 cm³/mol. The molecule has 86 valence electrons. The fourth-order valence-electron chi connectivity index (χ4n) is 1.74. The lowest BCUT2D eigenvalue weighted by Crippen LogP contribution is -2.28. The summed E-state index contributed by atoms with van der Waals surface area (Å²) < 4.78 is 5.60. The Hall–Kier alpha value is -1.62. The van der Waals surface area contributed by atoms with E-state index in [9.17, 15) is 4.79 Å². The molecule has 1 aliphatic rings. The van der Waals surface area contributed by atoms with Crippen LogP contribution in [0.25, 0.3) is 0 Å². The van der Waals surface area contributed by atoms with Crippen LogP contribution in [0.4, 0.5) is 5.69 Å². The molecule has 16 heavy (non-hydrogen) atoms. The highest BCUT2D eigenvalue weighted by Gasteiger charge is 2.14. The summed E-state index contributed by atoms with van der Waals surface area (Å²) in [5.41, 5.74) is 0.645. The van der Waals surface area contributed by atoms with Crippen LogP contribution in [0.15, 0.2) is 18.5 Å². The molecule has 1 saturated heterocycles. The highest BCUT2D eigenvalue weighted by Crippen LogP contribution is 2.15. The molecular formula is C11H15N3O2. The molecular weight excluding hydrogens is 206 g/mol. The summed E-state index contributed by atoms with van der Waals surface area (Å²) in [5.74, 6) is 0.681. The summed E-state index contributed by atoms with van der Waals surface area (Å²) in [6.07, 6.45) is 6.21. The monoisotopic (exact) mass is 221 g/mol. The first kappa shape index (κ1) is 10.9. The molecule has 2 heterocycles. The zero-order valence-corrected chi connectivity index (χ0v) is 8.98. The van der Waals surface area contributed by atoms with Crippen molar-refractivity contribution in [3.05, 3.63) is 18.5 Å². The Labute approximate surface area is 94.2 Å². The van der Waals surface area contributed by atoms with E-state index in [2.05, 4.69) is 15.6 Å². The van der Waals surface area contributed by atoms with E-state index in [0.29, 0.717) is 30.5 Å². The van der Waals surface area contributed by atoms with Gasteiger partial charge in [-0.2, -0.15) is 0 Å². The van der Waals surface area contributed by atoms with Gasteiger partial charge < -0.3 is 15.4 Å². The Kier molecular flexibility index (Phi) is 3.71. The summed E-state index contributed by atoms with van der Waals surface area (Å²) in [6.45, 7) is 1.71. The quantitative estimate of drug-likeness (QED) is 0.721. The van der Waals surface area contributed by atoms with E-state index in [1.165, 1.54) is 6.42 Å². The molecule has 2 rings (SSSR count). The number of ether oxygens (including phenoxy) is 1. The SMILES string of the molecule is O=CNc1cncc(OC[C@@H]2CCCN2)c1. The van der Waals surface area contributed by atoms with Crippen molar-refractivity contribution in [2.45, 2.75) is 18.9 Å². The first-order chi connectivity index (χ1) is 7.88. The van der Waals surface area contributed by atoms with E-state index >= 15 is 0 Å². The Morgan fingerprint density at radius 2 is 2.56 bits per heavy atom. The number of carbonyl (C=O) groups is 1. The zero-order valence-electron chi connectivity index (χ0n) is 8.98. The number of hydrogen-bond donors (Lipinski definition) is 2. The van der Waals surface area contributed by atoms with Crippen LogP contribution in [0.2, 0.25) is 0 Å². The maximum Gasteiger partial charge on any atom is 0.211 e. The van der Waals surface area contributed by atoms with Crippen molar-refractivity contribution < 1.29 is 9.53 Å². The van der Waals surface area contributed by atoms with Crippen LogP contribution in [0.3, 0.4) is 0 Å². The normalized spacial score (nSPS) is 19.4. The van der Waals surface area contributed by atoms with Gasteiger partial charge in [-0.1, -0.05) is 0 Å². The summed E-state index contributed by atoms with van der Waals surface area (Å²) >= 11 is 0. The smallest absolute Gasteiger partial charge is 0.211 e. The third-order valence-corrected chi connectivity index (χ3v) is 2.55. The standard InChI is InChI=1S/C11H15N3O2/c15-8-14-10-4-11(6-12-5-10)16-7-9-2-1-3-13-9/h4-6,8-9,13H,1-3,7H2,(H,14,15)/t9-/m0/s1. The fraction of sp³-hybridized carbons (Fsp3) is 0.455. The van der Waals surface area contributed by atoms with Gasteiger partial charge in [0.05, 0.1) is 18.1 Å². The molecule has 0 saturated carbocycles. The predicted octanol–water partition coefficient (Wildman–Crippen LogP) is 0.781. The molecule has 0 aliphatic carbocycles. The van der Waals surface area contributed by atoms with Crippen LogP contribution < -0.4 is 15.4 Å². The van der Waals surface area contributed by atoms with Gasteiger partial charge in [-0.05, 0) is 19.4 Å². The van der Waals surface area contributed by atoms with Crippen LogP contribution >= 0.6 is 0 Å². The highest BCUT2D eigenvalue weighted by molar-refractivity contribution is 5.71. The molecule has 0 bridgehead atoms. The number of hydrogen-bond acceptors (Lipinski definition) is 4. The summed E-state index contributed by atoms with van der Waals surface area (Å²) in [7, 11) is 0. The van der Waals surface area contributed by atoms with Gasteiger partial charge in [0.15, 0.2) is 0 Å². The van der Waals surface area contributed by atoms with E-state index in [4.69, 9.17) is 4.74 Å². The second kappa shape index (κ2) is 5.46. The highest BCUT2D eigenvalue weighted by atomic mass is 16.5. The van der Waals surface area contributed by atoms with Crippen molar-refractivity contribution in [3.63, 3.8) is 0 Å². The van der Waals surface area contributed by atoms with Gasteiger partial charge in [0.2, 0.25) is 6.41 Å². The first-order valence-corrected chi connectivity index (χ1v) is 5.40.